The van der Waals surface area contributed by atoms with Crippen LogP contribution in [0.2, 0.25) is 5.02 Å². The molecule has 0 radical (unpaired) electrons. The molecule has 0 aliphatic rings. The van der Waals surface area contributed by atoms with E-state index in [1.165, 1.54) is 13.0 Å². The predicted molar refractivity (Wildman–Crippen MR) is 85.4 cm³/mol. The largest absolute Gasteiger partial charge is 0.490 e. The van der Waals surface area contributed by atoms with Gasteiger partial charge in [0.05, 0.1) is 17.4 Å². The molecule has 0 fully saturated rings. The predicted octanol–water partition coefficient (Wildman–Crippen LogP) is 4.07. The molecule has 0 bridgehead atoms. The van der Waals surface area contributed by atoms with Gasteiger partial charge < -0.3 is 4.74 Å². The van der Waals surface area contributed by atoms with E-state index in [0.29, 0.717) is 0 Å². The van der Waals surface area contributed by atoms with E-state index < -0.39 is 22.9 Å². The second kappa shape index (κ2) is 7.15. The van der Waals surface area contributed by atoms with Crippen LogP contribution in [0.4, 0.5) is 13.2 Å². The lowest BCUT2D eigenvalue weighted by Crippen LogP contribution is -2.25. The lowest BCUT2D eigenvalue weighted by Gasteiger charge is -2.15. The summed E-state index contributed by atoms with van der Waals surface area (Å²) in [5.41, 5.74) is -1.75. The molecule has 0 unspecified atom stereocenters. The fourth-order valence-corrected chi connectivity index (χ4v) is 2.44. The van der Waals surface area contributed by atoms with Crippen molar-refractivity contribution in [1.29, 1.82) is 5.26 Å². The molecule has 1 aromatic heterocycles. The van der Waals surface area contributed by atoms with Crippen molar-refractivity contribution in [1.82, 2.24) is 9.55 Å². The van der Waals surface area contributed by atoms with Gasteiger partial charge in [0.2, 0.25) is 0 Å². The summed E-state index contributed by atoms with van der Waals surface area (Å²) >= 11 is 5.85. The maximum Gasteiger partial charge on any atom is 0.322 e. The number of nitrogens with zero attached hydrogens (tertiary/aromatic N) is 3. The number of hydrogen-bond donors (Lipinski definition) is 0. The van der Waals surface area contributed by atoms with Crippen LogP contribution >= 0.6 is 11.6 Å². The van der Waals surface area contributed by atoms with Crippen molar-refractivity contribution in [3.05, 3.63) is 44.7 Å². The van der Waals surface area contributed by atoms with Crippen LogP contribution in [0, 0.1) is 24.1 Å². The smallest absolute Gasteiger partial charge is 0.322 e. The Morgan fingerprint density at radius 2 is 2.00 bits per heavy atom. The molecule has 0 amide bonds. The van der Waals surface area contributed by atoms with Crippen molar-refractivity contribution in [2.24, 2.45) is 0 Å². The number of rotatable bonds is 4. The van der Waals surface area contributed by atoms with Crippen molar-refractivity contribution in [3.8, 4) is 23.1 Å². The molecule has 25 heavy (non-hydrogen) atoms. The number of aromatic nitrogens is 2. The number of alkyl halides is 2. The molecule has 1 heterocycles. The molecule has 0 aliphatic carbocycles. The first-order chi connectivity index (χ1) is 11.7. The van der Waals surface area contributed by atoms with E-state index in [0.717, 1.165) is 6.07 Å². The number of aryl methyl sites for hydroxylation is 1. The van der Waals surface area contributed by atoms with Crippen molar-refractivity contribution >= 4 is 11.6 Å². The summed E-state index contributed by atoms with van der Waals surface area (Å²) in [7, 11) is 0. The first kappa shape index (κ1) is 18.8. The van der Waals surface area contributed by atoms with Gasteiger partial charge in [0, 0.05) is 5.56 Å². The summed E-state index contributed by atoms with van der Waals surface area (Å²) in [4.78, 5) is 15.9. The molecule has 0 aliphatic heterocycles. The monoisotopic (exact) mass is 371 g/mol. The van der Waals surface area contributed by atoms with Crippen LogP contribution in [0.25, 0.3) is 11.3 Å². The van der Waals surface area contributed by atoms with E-state index in [1.807, 2.05) is 0 Å². The molecule has 2 aromatic rings. The normalized spacial score (nSPS) is 11.0. The van der Waals surface area contributed by atoms with E-state index in [4.69, 9.17) is 21.6 Å². The van der Waals surface area contributed by atoms with Gasteiger partial charge >= 0.3 is 6.55 Å². The molecule has 132 valence electrons. The summed E-state index contributed by atoms with van der Waals surface area (Å²) in [5, 5.41) is 8.43. The Balaban J connectivity index is 2.75. The number of ether oxygens (including phenoxy) is 1. The summed E-state index contributed by atoms with van der Waals surface area (Å²) in [5.74, 6) is -1.13. The van der Waals surface area contributed by atoms with Crippen molar-refractivity contribution in [3.63, 3.8) is 0 Å². The van der Waals surface area contributed by atoms with Gasteiger partial charge in [-0.2, -0.15) is 14.0 Å². The number of halogens is 4. The third-order valence-electron chi connectivity index (χ3n) is 3.24. The van der Waals surface area contributed by atoms with Gasteiger partial charge in [-0.25, -0.2) is 13.9 Å². The zero-order valence-corrected chi connectivity index (χ0v) is 14.2. The fourth-order valence-electron chi connectivity index (χ4n) is 2.20. The third kappa shape index (κ3) is 3.61. The van der Waals surface area contributed by atoms with Crippen LogP contribution in [0.3, 0.4) is 0 Å². The maximum atomic E-state index is 14.4. The highest BCUT2D eigenvalue weighted by Gasteiger charge is 2.22. The molecule has 5 nitrogen and oxygen atoms in total. The highest BCUT2D eigenvalue weighted by molar-refractivity contribution is 6.32. The maximum absolute atomic E-state index is 14.4. The van der Waals surface area contributed by atoms with Gasteiger partial charge in [0.25, 0.3) is 5.56 Å². The molecule has 1 aromatic carbocycles. The van der Waals surface area contributed by atoms with E-state index in [1.54, 1.807) is 19.9 Å². The Morgan fingerprint density at radius 3 is 2.52 bits per heavy atom. The number of hydrogen-bond acceptors (Lipinski definition) is 4. The molecular weight excluding hydrogens is 359 g/mol. The summed E-state index contributed by atoms with van der Waals surface area (Å²) in [6.07, 6.45) is -0.303. The standard InChI is InChI=1S/C16H13ClF3N3O2/c1-7(2)25-12-5-10(11(18)4-9(12)6-21)14-13(17)15(24)23(16(19)20)8(3)22-14/h4-5,7,16H,1-3H3. The van der Waals surface area contributed by atoms with Crippen LogP contribution in [-0.4, -0.2) is 15.7 Å². The lowest BCUT2D eigenvalue weighted by molar-refractivity contribution is 0.0628. The first-order valence-corrected chi connectivity index (χ1v) is 7.52. The van der Waals surface area contributed by atoms with Gasteiger partial charge in [0.15, 0.2) is 0 Å². The molecule has 9 heteroatoms. The van der Waals surface area contributed by atoms with Gasteiger partial charge in [0.1, 0.15) is 28.5 Å². The van der Waals surface area contributed by atoms with Crippen LogP contribution < -0.4 is 10.3 Å². The Hall–Kier alpha value is -2.53. The van der Waals surface area contributed by atoms with Crippen LogP contribution in [0.15, 0.2) is 16.9 Å². The SMILES string of the molecule is Cc1nc(-c2cc(OC(C)C)c(C#N)cc2F)c(Cl)c(=O)n1C(F)F. The number of benzene rings is 1. The van der Waals surface area contributed by atoms with Crippen LogP contribution in [0.5, 0.6) is 5.75 Å². The third-order valence-corrected chi connectivity index (χ3v) is 3.58. The van der Waals surface area contributed by atoms with Crippen molar-refractivity contribution in [2.45, 2.75) is 33.4 Å². The zero-order chi connectivity index (χ0) is 18.9. The van der Waals surface area contributed by atoms with E-state index in [-0.39, 0.29) is 39.1 Å². The topological polar surface area (TPSA) is 67.9 Å². The average molecular weight is 372 g/mol. The minimum Gasteiger partial charge on any atom is -0.490 e. The molecule has 0 atom stereocenters. The van der Waals surface area contributed by atoms with Crippen LogP contribution in [0.1, 0.15) is 31.8 Å². The molecule has 0 saturated heterocycles. The highest BCUT2D eigenvalue weighted by Crippen LogP contribution is 2.32. The minimum atomic E-state index is -3.13. The number of nitriles is 1. The minimum absolute atomic E-state index is 0.0521. The zero-order valence-electron chi connectivity index (χ0n) is 13.5. The Kier molecular flexibility index (Phi) is 5.38. The van der Waals surface area contributed by atoms with E-state index >= 15 is 0 Å². The van der Waals surface area contributed by atoms with Crippen molar-refractivity contribution in [2.75, 3.05) is 0 Å². The van der Waals surface area contributed by atoms with E-state index in [9.17, 15) is 18.0 Å². The van der Waals surface area contributed by atoms with Gasteiger partial charge in [-0.05, 0) is 32.9 Å². The molecule has 0 spiro atoms. The Bertz CT molecular complexity index is 920. The summed E-state index contributed by atoms with van der Waals surface area (Å²) in [6.45, 7) is 1.48. The van der Waals surface area contributed by atoms with Gasteiger partial charge in [-0.3, -0.25) is 4.79 Å². The fraction of sp³-hybridized carbons (Fsp3) is 0.312. The summed E-state index contributed by atoms with van der Waals surface area (Å²) in [6, 6.07) is 3.89. The molecule has 0 N–H and O–H groups in total. The average Bonchev–Trinajstić information content (AvgIpc) is 2.51. The summed E-state index contributed by atoms with van der Waals surface area (Å²) < 4.78 is 45.8. The second-order valence-electron chi connectivity index (χ2n) is 5.38. The van der Waals surface area contributed by atoms with Gasteiger partial charge in [-0.1, -0.05) is 11.6 Å². The van der Waals surface area contributed by atoms with Crippen LogP contribution in [-0.2, 0) is 0 Å². The van der Waals surface area contributed by atoms with Crippen molar-refractivity contribution < 1.29 is 17.9 Å². The van der Waals surface area contributed by atoms with E-state index in [2.05, 4.69) is 4.98 Å². The molecule has 2 rings (SSSR count). The Labute approximate surface area is 146 Å². The molecular formula is C16H13ClF3N3O2. The quantitative estimate of drug-likeness (QED) is 0.812. The lowest BCUT2D eigenvalue weighted by atomic mass is 10.1. The highest BCUT2D eigenvalue weighted by atomic mass is 35.5. The Morgan fingerprint density at radius 1 is 1.36 bits per heavy atom. The van der Waals surface area contributed by atoms with Gasteiger partial charge in [-0.15, -0.1) is 0 Å². The second-order valence-corrected chi connectivity index (χ2v) is 5.76. The molecule has 0 saturated carbocycles. The first-order valence-electron chi connectivity index (χ1n) is 7.14.